The average Bonchev–Trinajstić information content (AvgIpc) is 3.48. The Morgan fingerprint density at radius 2 is 1.77 bits per heavy atom. The SMILES string of the molecule is Cc1ccoc1/C=N/NC(=O)c1ccc(COc2ccc(-n3c(C)ccc3C)cc2)o1. The van der Waals surface area contributed by atoms with E-state index in [1.54, 1.807) is 18.4 Å². The number of hydrazone groups is 1. The predicted molar refractivity (Wildman–Crippen MR) is 117 cm³/mol. The molecule has 3 aromatic heterocycles. The largest absolute Gasteiger partial charge is 0.486 e. The molecule has 0 aliphatic carbocycles. The zero-order valence-corrected chi connectivity index (χ0v) is 17.6. The number of aryl methyl sites for hydroxylation is 3. The van der Waals surface area contributed by atoms with Crippen molar-refractivity contribution < 1.29 is 18.4 Å². The number of aromatic nitrogens is 1. The van der Waals surface area contributed by atoms with Crippen molar-refractivity contribution in [3.63, 3.8) is 0 Å². The summed E-state index contributed by atoms with van der Waals surface area (Å²) in [4.78, 5) is 12.2. The van der Waals surface area contributed by atoms with Crippen LogP contribution in [0.4, 0.5) is 0 Å². The van der Waals surface area contributed by atoms with Crippen molar-refractivity contribution in [2.45, 2.75) is 27.4 Å². The fraction of sp³-hybridized carbons (Fsp3) is 0.167. The van der Waals surface area contributed by atoms with E-state index in [0.29, 0.717) is 17.3 Å². The summed E-state index contributed by atoms with van der Waals surface area (Å²) in [6.07, 6.45) is 3.01. The maximum atomic E-state index is 12.2. The second kappa shape index (κ2) is 8.79. The minimum absolute atomic E-state index is 0.154. The Kier molecular flexibility index (Phi) is 5.75. The zero-order chi connectivity index (χ0) is 21.8. The topological polar surface area (TPSA) is 81.9 Å². The summed E-state index contributed by atoms with van der Waals surface area (Å²) < 4.78 is 18.7. The quantitative estimate of drug-likeness (QED) is 0.341. The fourth-order valence-electron chi connectivity index (χ4n) is 3.22. The third-order valence-corrected chi connectivity index (χ3v) is 4.88. The first-order chi connectivity index (χ1) is 15.0. The van der Waals surface area contributed by atoms with Crippen molar-refractivity contribution >= 4 is 12.1 Å². The number of carbonyl (C=O) groups is 1. The van der Waals surface area contributed by atoms with Crippen LogP contribution < -0.4 is 10.2 Å². The lowest BCUT2D eigenvalue weighted by Gasteiger charge is -2.10. The van der Waals surface area contributed by atoms with Crippen molar-refractivity contribution in [1.29, 1.82) is 0 Å². The molecule has 4 rings (SSSR count). The van der Waals surface area contributed by atoms with Gasteiger partial charge in [0.25, 0.3) is 0 Å². The molecule has 4 aromatic rings. The number of nitrogens with one attached hydrogen (secondary N) is 1. The predicted octanol–water partition coefficient (Wildman–Crippen LogP) is 4.93. The lowest BCUT2D eigenvalue weighted by molar-refractivity contribution is 0.0923. The van der Waals surface area contributed by atoms with Gasteiger partial charge in [0.15, 0.2) is 5.76 Å². The summed E-state index contributed by atoms with van der Waals surface area (Å²) in [5.74, 6) is 1.54. The van der Waals surface area contributed by atoms with Crippen LogP contribution in [0.3, 0.4) is 0 Å². The molecule has 0 bridgehead atoms. The van der Waals surface area contributed by atoms with E-state index in [4.69, 9.17) is 13.6 Å². The second-order valence-electron chi connectivity index (χ2n) is 7.17. The third kappa shape index (κ3) is 4.61. The van der Waals surface area contributed by atoms with E-state index in [2.05, 4.69) is 41.1 Å². The summed E-state index contributed by atoms with van der Waals surface area (Å²) in [6, 6.07) is 17.1. The van der Waals surface area contributed by atoms with Gasteiger partial charge in [0, 0.05) is 17.1 Å². The van der Waals surface area contributed by atoms with Gasteiger partial charge in [-0.15, -0.1) is 0 Å². The van der Waals surface area contributed by atoms with Gasteiger partial charge in [0.1, 0.15) is 23.9 Å². The van der Waals surface area contributed by atoms with E-state index in [0.717, 1.165) is 11.3 Å². The van der Waals surface area contributed by atoms with Gasteiger partial charge < -0.3 is 18.1 Å². The lowest BCUT2D eigenvalue weighted by Crippen LogP contribution is -2.16. The average molecular weight is 417 g/mol. The Balaban J connectivity index is 1.32. The molecule has 0 spiro atoms. The highest BCUT2D eigenvalue weighted by molar-refractivity contribution is 5.92. The molecule has 3 heterocycles. The number of carbonyl (C=O) groups excluding carboxylic acids is 1. The van der Waals surface area contributed by atoms with E-state index >= 15 is 0 Å². The standard InChI is InChI=1S/C24H23N3O4/c1-16-12-13-29-23(16)14-25-26-24(28)22-11-10-21(31-22)15-30-20-8-6-19(7-9-20)27-17(2)4-5-18(27)3/h4-14H,15H2,1-3H3,(H,26,28)/b25-14+. The fourth-order valence-corrected chi connectivity index (χ4v) is 3.22. The number of hydrogen-bond donors (Lipinski definition) is 1. The van der Waals surface area contributed by atoms with Gasteiger partial charge in [0.2, 0.25) is 0 Å². The van der Waals surface area contributed by atoms with E-state index in [1.165, 1.54) is 17.6 Å². The molecule has 0 aliphatic heterocycles. The van der Waals surface area contributed by atoms with Crippen molar-refractivity contribution in [3.05, 3.63) is 95.1 Å². The Bertz CT molecular complexity index is 1190. The number of hydrogen-bond acceptors (Lipinski definition) is 5. The van der Waals surface area contributed by atoms with Crippen LogP contribution >= 0.6 is 0 Å². The van der Waals surface area contributed by atoms with Gasteiger partial charge in [-0.05, 0) is 80.9 Å². The van der Waals surface area contributed by atoms with Crippen LogP contribution in [-0.2, 0) is 6.61 Å². The van der Waals surface area contributed by atoms with Crippen LogP contribution in [0.1, 0.15) is 39.0 Å². The summed E-state index contributed by atoms with van der Waals surface area (Å²) in [5, 5.41) is 3.88. The van der Waals surface area contributed by atoms with Gasteiger partial charge in [-0.25, -0.2) is 5.43 Å². The highest BCUT2D eigenvalue weighted by Crippen LogP contribution is 2.21. The van der Waals surface area contributed by atoms with Crippen molar-refractivity contribution in [3.8, 4) is 11.4 Å². The molecule has 7 nitrogen and oxygen atoms in total. The summed E-state index contributed by atoms with van der Waals surface area (Å²) in [6.45, 7) is 6.25. The molecule has 0 aliphatic rings. The molecule has 1 aromatic carbocycles. The van der Waals surface area contributed by atoms with Crippen LogP contribution in [0.2, 0.25) is 0 Å². The van der Waals surface area contributed by atoms with Crippen molar-refractivity contribution in [2.24, 2.45) is 5.10 Å². The number of ether oxygens (including phenoxy) is 1. The molecule has 1 N–H and O–H groups in total. The maximum absolute atomic E-state index is 12.2. The Morgan fingerprint density at radius 3 is 2.45 bits per heavy atom. The van der Waals surface area contributed by atoms with E-state index in [1.807, 2.05) is 37.3 Å². The Hall–Kier alpha value is -4.00. The molecule has 158 valence electrons. The molecule has 0 saturated heterocycles. The Morgan fingerprint density at radius 1 is 1.03 bits per heavy atom. The summed E-state index contributed by atoms with van der Waals surface area (Å²) in [5.41, 5.74) is 6.78. The Labute approximate surface area is 179 Å². The molecule has 31 heavy (non-hydrogen) atoms. The first-order valence-corrected chi connectivity index (χ1v) is 9.85. The molecule has 0 saturated carbocycles. The van der Waals surface area contributed by atoms with Gasteiger partial charge in [-0.1, -0.05) is 0 Å². The van der Waals surface area contributed by atoms with Crippen LogP contribution in [0.15, 0.2) is 74.8 Å². The van der Waals surface area contributed by atoms with E-state index < -0.39 is 5.91 Å². The second-order valence-corrected chi connectivity index (χ2v) is 7.17. The molecule has 0 fully saturated rings. The van der Waals surface area contributed by atoms with Gasteiger partial charge in [-0.3, -0.25) is 4.79 Å². The molecule has 0 unspecified atom stereocenters. The van der Waals surface area contributed by atoms with Gasteiger partial charge in [0.05, 0.1) is 12.5 Å². The summed E-state index contributed by atoms with van der Waals surface area (Å²) >= 11 is 0. The van der Waals surface area contributed by atoms with Crippen LogP contribution in [-0.4, -0.2) is 16.7 Å². The highest BCUT2D eigenvalue weighted by atomic mass is 16.5. The molecule has 1 amide bonds. The monoisotopic (exact) mass is 417 g/mol. The smallest absolute Gasteiger partial charge is 0.307 e. The van der Waals surface area contributed by atoms with Crippen molar-refractivity contribution in [1.82, 2.24) is 9.99 Å². The number of rotatable bonds is 7. The van der Waals surface area contributed by atoms with Crippen LogP contribution in [0.5, 0.6) is 5.75 Å². The molecule has 0 atom stereocenters. The van der Waals surface area contributed by atoms with Gasteiger partial charge in [-0.2, -0.15) is 5.10 Å². The molecule has 0 radical (unpaired) electrons. The zero-order valence-electron chi connectivity index (χ0n) is 17.6. The minimum atomic E-state index is -0.450. The number of benzene rings is 1. The maximum Gasteiger partial charge on any atom is 0.307 e. The third-order valence-electron chi connectivity index (χ3n) is 4.88. The molecular formula is C24H23N3O4. The molecular weight excluding hydrogens is 394 g/mol. The lowest BCUT2D eigenvalue weighted by atomic mass is 10.3. The van der Waals surface area contributed by atoms with Crippen LogP contribution in [0, 0.1) is 20.8 Å². The number of furan rings is 2. The summed E-state index contributed by atoms with van der Waals surface area (Å²) in [7, 11) is 0. The normalized spacial score (nSPS) is 11.2. The van der Waals surface area contributed by atoms with E-state index in [-0.39, 0.29) is 12.4 Å². The first kappa shape index (κ1) is 20.3. The van der Waals surface area contributed by atoms with Crippen LogP contribution in [0.25, 0.3) is 5.69 Å². The molecule has 7 heteroatoms. The highest BCUT2D eigenvalue weighted by Gasteiger charge is 2.11. The number of nitrogens with zero attached hydrogens (tertiary/aromatic N) is 2. The minimum Gasteiger partial charge on any atom is -0.486 e. The number of amides is 1. The van der Waals surface area contributed by atoms with Crippen molar-refractivity contribution in [2.75, 3.05) is 0 Å². The van der Waals surface area contributed by atoms with E-state index in [9.17, 15) is 4.79 Å². The van der Waals surface area contributed by atoms with Gasteiger partial charge >= 0.3 is 5.91 Å². The first-order valence-electron chi connectivity index (χ1n) is 9.85.